The molecule has 0 radical (unpaired) electrons. The van der Waals surface area contributed by atoms with Crippen LogP contribution in [0.4, 0.5) is 0 Å². The van der Waals surface area contributed by atoms with E-state index < -0.39 is 0 Å². The van der Waals surface area contributed by atoms with Crippen molar-refractivity contribution >= 4 is 0 Å². The number of rotatable bonds is 37. The highest BCUT2D eigenvalue weighted by molar-refractivity contribution is 4.60. The summed E-state index contributed by atoms with van der Waals surface area (Å²) in [5.41, 5.74) is 4.89. The van der Waals surface area contributed by atoms with Gasteiger partial charge in [-0.2, -0.15) is 0 Å². The standard InChI is InChI=1S/C20H41NO20/c1-2-3-4-5-6-7-8-9-10-11-12-13-14-15-17-22-19-20-24-26-28-30-32-34-36-38-40-41-39-37-35-33-31-29-27-25-23-18-16-21/h16,18H,2-15,17,19-21H2,1H3/b18-16+. The van der Waals surface area contributed by atoms with E-state index in [4.69, 9.17) is 10.5 Å². The molecule has 0 amide bonds. The van der Waals surface area contributed by atoms with E-state index >= 15 is 0 Å². The highest BCUT2D eigenvalue weighted by atomic mass is 18.0. The maximum Gasteiger partial charge on any atom is 0.148 e. The molecule has 0 spiro atoms. The van der Waals surface area contributed by atoms with Crippen LogP contribution in [0.25, 0.3) is 0 Å². The molecule has 0 saturated carbocycles. The lowest BCUT2D eigenvalue weighted by molar-refractivity contribution is -0.891. The van der Waals surface area contributed by atoms with E-state index in [2.05, 4.69) is 102 Å². The summed E-state index contributed by atoms with van der Waals surface area (Å²) in [5, 5.41) is 63.2. The summed E-state index contributed by atoms with van der Waals surface area (Å²) in [6.45, 7) is 3.26. The number of hydrogen-bond acceptors (Lipinski definition) is 21. The van der Waals surface area contributed by atoms with Crippen molar-refractivity contribution in [2.45, 2.75) is 96.8 Å². The zero-order chi connectivity index (χ0) is 29.6. The van der Waals surface area contributed by atoms with E-state index in [9.17, 15) is 0 Å². The van der Waals surface area contributed by atoms with Gasteiger partial charge in [0.1, 0.15) is 12.9 Å². The molecule has 2 N–H and O–H groups in total. The highest BCUT2D eigenvalue weighted by Crippen LogP contribution is 2.13. The normalized spacial score (nSPS) is 11.6. The monoisotopic (exact) mass is 615 g/mol. The second-order valence-corrected chi connectivity index (χ2v) is 7.61. The summed E-state index contributed by atoms with van der Waals surface area (Å²) >= 11 is 0. The summed E-state index contributed by atoms with van der Waals surface area (Å²) in [6, 6.07) is 0. The van der Waals surface area contributed by atoms with Crippen LogP contribution >= 0.6 is 0 Å². The SMILES string of the molecule is CCCCCCCCCCCCCCCCOCCOOOOOOOOOOOOOOOOOOO/C=C/N. The van der Waals surface area contributed by atoms with Gasteiger partial charge < -0.3 is 15.4 Å². The Kier molecular flexibility index (Phi) is 37.2. The Hall–Kier alpha value is -1.42. The Morgan fingerprint density at radius 3 is 1.17 bits per heavy atom. The molecular weight excluding hydrogens is 574 g/mol. The predicted molar refractivity (Wildman–Crippen MR) is 120 cm³/mol. The maximum absolute atomic E-state index is 5.40. The van der Waals surface area contributed by atoms with Gasteiger partial charge in [0.15, 0.2) is 0 Å². The van der Waals surface area contributed by atoms with Crippen molar-refractivity contribution in [3.05, 3.63) is 12.5 Å². The first-order valence-corrected chi connectivity index (χ1v) is 13.0. The Labute approximate surface area is 235 Å². The van der Waals surface area contributed by atoms with Gasteiger partial charge >= 0.3 is 0 Å². The molecule has 0 atom stereocenters. The van der Waals surface area contributed by atoms with Crippen LogP contribution in [0, 0.1) is 0 Å². The molecule has 0 rings (SSSR count). The molecular formula is C20H41NO20. The molecule has 0 unspecified atom stereocenters. The molecule has 0 bridgehead atoms. The molecule has 246 valence electrons. The lowest BCUT2D eigenvalue weighted by Gasteiger charge is -2.05. The quantitative estimate of drug-likeness (QED) is 0.0434. The highest BCUT2D eigenvalue weighted by Gasteiger charge is 2.01. The number of hydrogen-bond donors (Lipinski definition) is 1. The van der Waals surface area contributed by atoms with E-state index in [0.717, 1.165) is 25.3 Å². The van der Waals surface area contributed by atoms with Crippen LogP contribution in [0.3, 0.4) is 0 Å². The van der Waals surface area contributed by atoms with Crippen molar-refractivity contribution in [2.24, 2.45) is 5.73 Å². The first kappa shape index (κ1) is 39.6. The average Bonchev–Trinajstić information content (AvgIpc) is 2.98. The van der Waals surface area contributed by atoms with Crippen LogP contribution < -0.4 is 5.73 Å². The van der Waals surface area contributed by atoms with Gasteiger partial charge in [0.05, 0.1) is 6.61 Å². The number of ether oxygens (including phenoxy) is 1. The van der Waals surface area contributed by atoms with E-state index in [1.54, 1.807) is 0 Å². The largest absolute Gasteiger partial charge is 0.402 e. The molecule has 0 aromatic carbocycles. The first-order valence-electron chi connectivity index (χ1n) is 13.0. The molecule has 21 heteroatoms. The van der Waals surface area contributed by atoms with Crippen LogP contribution in [0.1, 0.15) is 96.8 Å². The van der Waals surface area contributed by atoms with E-state index in [1.165, 1.54) is 77.0 Å². The van der Waals surface area contributed by atoms with Crippen LogP contribution in [0.15, 0.2) is 12.5 Å². The topological polar surface area (TPSA) is 211 Å². The number of unbranched alkanes of at least 4 members (excludes halogenated alkanes) is 13. The first-order chi connectivity index (χ1) is 20.4. The van der Waals surface area contributed by atoms with Gasteiger partial charge in [-0.1, -0.05) is 90.4 Å². The van der Waals surface area contributed by atoms with Gasteiger partial charge in [-0.3, -0.25) is 0 Å². The molecule has 41 heavy (non-hydrogen) atoms. The van der Waals surface area contributed by atoms with Gasteiger partial charge in [-0.05, 0) is 46.7 Å². The summed E-state index contributed by atoms with van der Waals surface area (Å²) in [6.07, 6.45) is 20.1. The summed E-state index contributed by atoms with van der Waals surface area (Å²) in [5.74, 6) is 0. The average molecular weight is 616 g/mol. The van der Waals surface area contributed by atoms with Gasteiger partial charge in [-0.25, -0.2) is 4.89 Å². The fourth-order valence-corrected chi connectivity index (χ4v) is 2.89. The van der Waals surface area contributed by atoms with Crippen LogP contribution in [0.2, 0.25) is 0 Å². The number of nitrogens with two attached hydrogens (primary N) is 1. The smallest absolute Gasteiger partial charge is 0.148 e. The minimum absolute atomic E-state index is 0.0772. The Balaban J connectivity index is 3.03. The molecule has 21 nitrogen and oxygen atoms in total. The lowest BCUT2D eigenvalue weighted by atomic mass is 10.0. The third kappa shape index (κ3) is 38.6. The van der Waals surface area contributed by atoms with Gasteiger partial charge in [0.2, 0.25) is 0 Å². The zero-order valence-corrected chi connectivity index (χ0v) is 22.9. The van der Waals surface area contributed by atoms with Crippen molar-refractivity contribution in [3.63, 3.8) is 0 Å². The Morgan fingerprint density at radius 1 is 0.390 bits per heavy atom. The Morgan fingerprint density at radius 2 is 0.756 bits per heavy atom. The molecule has 0 fully saturated rings. The third-order valence-electron chi connectivity index (χ3n) is 4.62. The van der Waals surface area contributed by atoms with Crippen molar-refractivity contribution < 1.29 is 100 Å². The van der Waals surface area contributed by atoms with Crippen LogP contribution in [-0.2, 0) is 100 Å². The van der Waals surface area contributed by atoms with Crippen LogP contribution in [0.5, 0.6) is 0 Å². The van der Waals surface area contributed by atoms with Crippen LogP contribution in [-0.4, -0.2) is 19.8 Å². The van der Waals surface area contributed by atoms with E-state index in [-0.39, 0.29) is 6.61 Å². The van der Waals surface area contributed by atoms with Crippen molar-refractivity contribution in [2.75, 3.05) is 19.8 Å². The van der Waals surface area contributed by atoms with Gasteiger partial charge in [0.25, 0.3) is 0 Å². The summed E-state index contributed by atoms with van der Waals surface area (Å²) in [7, 11) is 0. The van der Waals surface area contributed by atoms with E-state index in [1.807, 2.05) is 0 Å². The molecule has 0 aliphatic carbocycles. The Bertz CT molecular complexity index is 496. The van der Waals surface area contributed by atoms with Crippen molar-refractivity contribution in [1.29, 1.82) is 0 Å². The second kappa shape index (κ2) is 38.6. The second-order valence-electron chi connectivity index (χ2n) is 7.61. The molecule has 0 aromatic heterocycles. The molecule has 0 aliphatic rings. The zero-order valence-electron chi connectivity index (χ0n) is 22.9. The molecule has 0 aromatic rings. The minimum atomic E-state index is 0.0772. The predicted octanol–water partition coefficient (Wildman–Crippen LogP) is 4.70. The minimum Gasteiger partial charge on any atom is -0.402 e. The van der Waals surface area contributed by atoms with Crippen molar-refractivity contribution in [1.82, 2.24) is 0 Å². The summed E-state index contributed by atoms with van der Waals surface area (Å²) < 4.78 is 5.40. The fraction of sp³-hybridized carbons (Fsp3) is 0.900. The van der Waals surface area contributed by atoms with Gasteiger partial charge in [-0.15, -0.1) is 0 Å². The maximum atomic E-state index is 5.40. The molecule has 0 aliphatic heterocycles. The molecule has 0 saturated heterocycles. The van der Waals surface area contributed by atoms with Crippen molar-refractivity contribution in [3.8, 4) is 0 Å². The lowest BCUT2D eigenvalue weighted by Crippen LogP contribution is -2.07. The third-order valence-corrected chi connectivity index (χ3v) is 4.62. The summed E-state index contributed by atoms with van der Waals surface area (Å²) in [4.78, 5) is 8.63. The van der Waals surface area contributed by atoms with E-state index in [0.29, 0.717) is 13.2 Å². The fourth-order valence-electron chi connectivity index (χ4n) is 2.89. The van der Waals surface area contributed by atoms with Gasteiger partial charge in [0, 0.05) is 58.2 Å². The molecule has 0 heterocycles.